The van der Waals surface area contributed by atoms with E-state index in [9.17, 15) is 0 Å². The van der Waals surface area contributed by atoms with Crippen molar-refractivity contribution in [2.24, 2.45) is 16.2 Å². The third-order valence-corrected chi connectivity index (χ3v) is 4.71. The molecule has 0 aromatic rings. The summed E-state index contributed by atoms with van der Waals surface area (Å²) < 4.78 is 36.3. The molecule has 2 heterocycles. The predicted octanol–water partition coefficient (Wildman–Crippen LogP) is 4.32. The van der Waals surface area contributed by atoms with Gasteiger partial charge in [0.2, 0.25) is 0 Å². The molecule has 0 aromatic heterocycles. The average Bonchev–Trinajstić information content (AvgIpc) is 2.60. The monoisotopic (exact) mass is 388 g/mol. The van der Waals surface area contributed by atoms with Gasteiger partial charge < -0.3 is 28.4 Å². The largest absolute Gasteiger partial charge is 0.327 e. The molecule has 2 saturated heterocycles. The molecular formula is C21H40O6. The fourth-order valence-corrected chi connectivity index (χ4v) is 2.82. The van der Waals surface area contributed by atoms with E-state index in [2.05, 4.69) is 41.5 Å². The Morgan fingerprint density at radius 2 is 0.926 bits per heavy atom. The van der Waals surface area contributed by atoms with Crippen molar-refractivity contribution in [1.29, 1.82) is 0 Å². The first-order valence-corrected chi connectivity index (χ1v) is 10.2. The maximum absolute atomic E-state index is 6.07. The molecule has 2 fully saturated rings. The van der Waals surface area contributed by atoms with Gasteiger partial charge in [-0.05, 0) is 10.8 Å². The lowest BCUT2D eigenvalue weighted by atomic mass is 9.90. The molecule has 0 N–H and O–H groups in total. The normalized spacial score (nSPS) is 35.6. The average molecular weight is 389 g/mol. The Kier molecular flexibility index (Phi) is 7.04. The fraction of sp³-hybridized carbons (Fsp3) is 1.00. The Morgan fingerprint density at radius 3 is 1.15 bits per heavy atom. The minimum absolute atomic E-state index is 0.0478. The number of hydrogen-bond acceptors (Lipinski definition) is 6. The van der Waals surface area contributed by atoms with Gasteiger partial charge in [-0.3, -0.25) is 0 Å². The van der Waals surface area contributed by atoms with Crippen LogP contribution in [0.15, 0.2) is 0 Å². The SMILES string of the molecule is CCC1(OCC(C)(C)C)OCC2(CO1)COC(CC)(OCC(C)(C)C)OC2. The first-order valence-electron chi connectivity index (χ1n) is 10.2. The molecule has 2 rings (SSSR count). The highest BCUT2D eigenvalue weighted by Crippen LogP contribution is 2.40. The van der Waals surface area contributed by atoms with Gasteiger partial charge in [0, 0.05) is 12.8 Å². The van der Waals surface area contributed by atoms with Gasteiger partial charge in [0.1, 0.15) is 0 Å². The quantitative estimate of drug-likeness (QED) is 0.675. The van der Waals surface area contributed by atoms with Crippen molar-refractivity contribution >= 4 is 0 Å². The van der Waals surface area contributed by atoms with Crippen LogP contribution in [0.3, 0.4) is 0 Å². The fourth-order valence-electron chi connectivity index (χ4n) is 2.82. The van der Waals surface area contributed by atoms with Gasteiger partial charge in [0.05, 0.1) is 45.1 Å². The molecule has 0 atom stereocenters. The highest BCUT2D eigenvalue weighted by Gasteiger charge is 2.51. The zero-order chi connectivity index (χ0) is 20.4. The zero-order valence-electron chi connectivity index (χ0n) is 18.6. The second-order valence-corrected chi connectivity index (χ2v) is 10.4. The molecule has 1 spiro atoms. The second kappa shape index (κ2) is 8.25. The molecule has 0 radical (unpaired) electrons. The first kappa shape index (κ1) is 23.0. The summed E-state index contributed by atoms with van der Waals surface area (Å²) in [6, 6.07) is 0. The topological polar surface area (TPSA) is 55.4 Å². The lowest BCUT2D eigenvalue weighted by molar-refractivity contribution is -0.468. The van der Waals surface area contributed by atoms with Crippen LogP contribution in [-0.2, 0) is 28.4 Å². The standard InChI is InChI=1S/C21H40O6/c1-9-20(22-11-17(3,4)5)24-13-19(14-25-20)15-26-21(10-2,27-16-19)23-12-18(6,7)8/h9-16H2,1-8H3. The Labute approximate surface area is 165 Å². The molecular weight excluding hydrogens is 348 g/mol. The third-order valence-electron chi connectivity index (χ3n) is 4.71. The molecule has 0 aliphatic carbocycles. The van der Waals surface area contributed by atoms with E-state index in [-0.39, 0.29) is 16.2 Å². The molecule has 0 amide bonds. The second-order valence-electron chi connectivity index (χ2n) is 10.4. The predicted molar refractivity (Wildman–Crippen MR) is 103 cm³/mol. The smallest absolute Gasteiger partial charge is 0.282 e. The highest BCUT2D eigenvalue weighted by molar-refractivity contribution is 4.87. The maximum Gasteiger partial charge on any atom is 0.282 e. The van der Waals surface area contributed by atoms with E-state index < -0.39 is 11.9 Å². The summed E-state index contributed by atoms with van der Waals surface area (Å²) in [5.41, 5.74) is -0.230. The zero-order valence-corrected chi connectivity index (χ0v) is 18.6. The Morgan fingerprint density at radius 1 is 0.630 bits per heavy atom. The van der Waals surface area contributed by atoms with Crippen LogP contribution in [-0.4, -0.2) is 51.6 Å². The summed E-state index contributed by atoms with van der Waals surface area (Å²) in [5, 5.41) is 0. The van der Waals surface area contributed by atoms with Crippen LogP contribution in [0.5, 0.6) is 0 Å². The molecule has 2 aliphatic heterocycles. The third kappa shape index (κ3) is 6.38. The van der Waals surface area contributed by atoms with Crippen LogP contribution in [0.2, 0.25) is 0 Å². The summed E-state index contributed by atoms with van der Waals surface area (Å²) in [5.74, 6) is -1.94. The lowest BCUT2D eigenvalue weighted by Crippen LogP contribution is -2.60. The van der Waals surface area contributed by atoms with Gasteiger partial charge in [-0.15, -0.1) is 0 Å². The molecule has 160 valence electrons. The summed E-state index contributed by atoms with van der Waals surface area (Å²) in [6.45, 7) is 19.8. The van der Waals surface area contributed by atoms with E-state index in [1.807, 2.05) is 13.8 Å². The van der Waals surface area contributed by atoms with Gasteiger partial charge in [0.25, 0.3) is 11.9 Å². The molecule has 0 unspecified atom stereocenters. The Hall–Kier alpha value is -0.240. The van der Waals surface area contributed by atoms with Crippen molar-refractivity contribution in [2.45, 2.75) is 80.2 Å². The van der Waals surface area contributed by atoms with Crippen LogP contribution in [0.4, 0.5) is 0 Å². The van der Waals surface area contributed by atoms with E-state index >= 15 is 0 Å². The summed E-state index contributed by atoms with van der Waals surface area (Å²) in [7, 11) is 0. The molecule has 0 bridgehead atoms. The van der Waals surface area contributed by atoms with Crippen molar-refractivity contribution in [3.8, 4) is 0 Å². The molecule has 6 heteroatoms. The Balaban J connectivity index is 1.91. The van der Waals surface area contributed by atoms with E-state index in [0.29, 0.717) is 52.5 Å². The highest BCUT2D eigenvalue weighted by atomic mass is 16.9. The van der Waals surface area contributed by atoms with Crippen molar-refractivity contribution in [2.75, 3.05) is 39.6 Å². The number of hydrogen-bond donors (Lipinski definition) is 0. The van der Waals surface area contributed by atoms with Gasteiger partial charge in [-0.1, -0.05) is 55.4 Å². The van der Waals surface area contributed by atoms with Crippen molar-refractivity contribution < 1.29 is 28.4 Å². The van der Waals surface area contributed by atoms with Crippen LogP contribution < -0.4 is 0 Å². The van der Waals surface area contributed by atoms with Gasteiger partial charge in [0.15, 0.2) is 0 Å². The minimum Gasteiger partial charge on any atom is -0.327 e. The van der Waals surface area contributed by atoms with Crippen LogP contribution in [0.25, 0.3) is 0 Å². The molecule has 27 heavy (non-hydrogen) atoms. The van der Waals surface area contributed by atoms with Crippen LogP contribution >= 0.6 is 0 Å². The van der Waals surface area contributed by atoms with E-state index in [1.54, 1.807) is 0 Å². The van der Waals surface area contributed by atoms with E-state index in [1.165, 1.54) is 0 Å². The first-order chi connectivity index (χ1) is 12.4. The maximum atomic E-state index is 6.07. The minimum atomic E-state index is -0.972. The van der Waals surface area contributed by atoms with Crippen molar-refractivity contribution in [1.82, 2.24) is 0 Å². The lowest BCUT2D eigenvalue weighted by Gasteiger charge is -2.50. The summed E-state index contributed by atoms with van der Waals surface area (Å²) in [6.07, 6.45) is 1.27. The summed E-state index contributed by atoms with van der Waals surface area (Å²) in [4.78, 5) is 0. The van der Waals surface area contributed by atoms with Gasteiger partial charge in [-0.25, -0.2) is 0 Å². The van der Waals surface area contributed by atoms with Crippen molar-refractivity contribution in [3.63, 3.8) is 0 Å². The number of rotatable bonds is 6. The summed E-state index contributed by atoms with van der Waals surface area (Å²) >= 11 is 0. The van der Waals surface area contributed by atoms with Gasteiger partial charge >= 0.3 is 0 Å². The van der Waals surface area contributed by atoms with E-state index in [4.69, 9.17) is 28.4 Å². The molecule has 0 saturated carbocycles. The van der Waals surface area contributed by atoms with E-state index in [0.717, 1.165) is 0 Å². The Bertz CT molecular complexity index is 413. The van der Waals surface area contributed by atoms with Gasteiger partial charge in [-0.2, -0.15) is 0 Å². The molecule has 0 aromatic carbocycles. The molecule has 6 nitrogen and oxygen atoms in total. The molecule has 2 aliphatic rings. The number of ether oxygens (including phenoxy) is 6. The van der Waals surface area contributed by atoms with Crippen LogP contribution in [0, 0.1) is 16.2 Å². The van der Waals surface area contributed by atoms with Crippen molar-refractivity contribution in [3.05, 3.63) is 0 Å². The van der Waals surface area contributed by atoms with Crippen LogP contribution in [0.1, 0.15) is 68.2 Å².